The number of hydrogen-bond acceptors (Lipinski definition) is 3. The number of aryl methyl sites for hydroxylation is 2. The summed E-state index contributed by atoms with van der Waals surface area (Å²) in [6.45, 7) is 4.17. The molecule has 0 bridgehead atoms. The van der Waals surface area contributed by atoms with Gasteiger partial charge in [-0.15, -0.1) is 0 Å². The van der Waals surface area contributed by atoms with Crippen molar-refractivity contribution >= 4 is 39.2 Å². The van der Waals surface area contributed by atoms with Gasteiger partial charge in [0.05, 0.1) is 11.4 Å². The summed E-state index contributed by atoms with van der Waals surface area (Å²) in [5.41, 5.74) is 9.81. The van der Waals surface area contributed by atoms with E-state index < -0.39 is 0 Å². The predicted molar refractivity (Wildman–Crippen MR) is 103 cm³/mol. The largest absolute Gasteiger partial charge is 0.358 e. The van der Waals surface area contributed by atoms with Gasteiger partial charge in [0.2, 0.25) is 0 Å². The molecule has 0 aliphatic carbocycles. The van der Waals surface area contributed by atoms with E-state index >= 15 is 0 Å². The highest BCUT2D eigenvalue weighted by molar-refractivity contribution is 8.14. The number of aromatic nitrogens is 1. The van der Waals surface area contributed by atoms with E-state index in [-0.39, 0.29) is 0 Å². The molecule has 24 heavy (non-hydrogen) atoms. The molecule has 4 nitrogen and oxygen atoms in total. The standard InChI is InChI=1S/C19H18N4S/c1-12-6-5-7-14(10-12)21-19-23-22-17(11-24-19)18-13(2)20-16-9-4-3-8-15(16)18/h3-10,20H,11H2,1-2H3,(H,21,23). The highest BCUT2D eigenvalue weighted by atomic mass is 32.2. The molecule has 5 heteroatoms. The average Bonchev–Trinajstić information content (AvgIpc) is 2.91. The van der Waals surface area contributed by atoms with E-state index in [2.05, 4.69) is 64.7 Å². The number of fused-ring (bicyclic) bond motifs is 1. The van der Waals surface area contributed by atoms with Crippen LogP contribution in [0.5, 0.6) is 0 Å². The molecule has 0 amide bonds. The van der Waals surface area contributed by atoms with Crippen LogP contribution in [0, 0.1) is 13.8 Å². The predicted octanol–water partition coefficient (Wildman–Crippen LogP) is 4.51. The van der Waals surface area contributed by atoms with Crippen LogP contribution in [-0.4, -0.2) is 21.6 Å². The maximum absolute atomic E-state index is 4.63. The van der Waals surface area contributed by atoms with Gasteiger partial charge in [-0.1, -0.05) is 42.1 Å². The SMILES string of the molecule is Cc1cccc(N=C2NN=C(c3c(C)[nH]c4ccccc34)CS2)c1. The van der Waals surface area contributed by atoms with Crippen LogP contribution >= 0.6 is 11.8 Å². The molecule has 4 rings (SSSR count). The van der Waals surface area contributed by atoms with Gasteiger partial charge in [0, 0.05) is 27.9 Å². The molecular formula is C19H18N4S. The summed E-state index contributed by atoms with van der Waals surface area (Å²) in [5.74, 6) is 0.806. The number of hydrazone groups is 1. The van der Waals surface area contributed by atoms with Gasteiger partial charge in [-0.2, -0.15) is 5.10 Å². The highest BCUT2D eigenvalue weighted by Gasteiger charge is 2.18. The van der Waals surface area contributed by atoms with Crippen LogP contribution in [0.15, 0.2) is 58.6 Å². The number of aromatic amines is 1. The number of rotatable bonds is 2. The number of nitrogens with one attached hydrogen (secondary N) is 2. The summed E-state index contributed by atoms with van der Waals surface area (Å²) in [7, 11) is 0. The van der Waals surface area contributed by atoms with Crippen LogP contribution in [0.3, 0.4) is 0 Å². The first-order valence-electron chi connectivity index (χ1n) is 7.89. The Hall–Kier alpha value is -2.53. The Morgan fingerprint density at radius 1 is 1.08 bits per heavy atom. The van der Waals surface area contributed by atoms with E-state index in [1.807, 2.05) is 18.2 Å². The average molecular weight is 334 g/mol. The molecule has 120 valence electrons. The lowest BCUT2D eigenvalue weighted by Crippen LogP contribution is -2.25. The minimum atomic E-state index is 0.806. The molecule has 2 heterocycles. The second kappa shape index (κ2) is 6.17. The minimum Gasteiger partial charge on any atom is -0.358 e. The molecular weight excluding hydrogens is 316 g/mol. The molecule has 0 unspecified atom stereocenters. The van der Waals surface area contributed by atoms with Crippen LogP contribution in [0.25, 0.3) is 10.9 Å². The molecule has 2 aromatic carbocycles. The van der Waals surface area contributed by atoms with Crippen LogP contribution in [0.1, 0.15) is 16.8 Å². The van der Waals surface area contributed by atoms with Gasteiger partial charge < -0.3 is 4.98 Å². The van der Waals surface area contributed by atoms with E-state index in [1.54, 1.807) is 11.8 Å². The van der Waals surface area contributed by atoms with Crippen molar-refractivity contribution in [2.75, 3.05) is 5.75 Å². The number of amidine groups is 1. The molecule has 0 spiro atoms. The van der Waals surface area contributed by atoms with E-state index in [4.69, 9.17) is 0 Å². The summed E-state index contributed by atoms with van der Waals surface area (Å²) in [5, 5.41) is 6.63. The van der Waals surface area contributed by atoms with E-state index in [0.29, 0.717) is 0 Å². The zero-order valence-corrected chi connectivity index (χ0v) is 14.4. The van der Waals surface area contributed by atoms with E-state index in [1.165, 1.54) is 16.5 Å². The van der Waals surface area contributed by atoms with Crippen molar-refractivity contribution in [3.8, 4) is 0 Å². The number of H-pyrrole nitrogens is 1. The highest BCUT2D eigenvalue weighted by Crippen LogP contribution is 2.26. The molecule has 1 aromatic heterocycles. The van der Waals surface area contributed by atoms with Gasteiger partial charge in [-0.25, -0.2) is 4.99 Å². The van der Waals surface area contributed by atoms with E-state index in [9.17, 15) is 0 Å². The maximum Gasteiger partial charge on any atom is 0.182 e. The molecule has 3 aromatic rings. The van der Waals surface area contributed by atoms with Gasteiger partial charge in [-0.3, -0.25) is 5.43 Å². The molecule has 0 atom stereocenters. The second-order valence-corrected chi connectivity index (χ2v) is 6.85. The number of thioether (sulfide) groups is 1. The third-order valence-corrected chi connectivity index (χ3v) is 4.92. The molecule has 0 saturated heterocycles. The molecule has 0 radical (unpaired) electrons. The van der Waals surface area contributed by atoms with Crippen molar-refractivity contribution in [2.24, 2.45) is 10.1 Å². The van der Waals surface area contributed by atoms with Gasteiger partial charge in [0.1, 0.15) is 0 Å². The lowest BCUT2D eigenvalue weighted by molar-refractivity contribution is 1.03. The topological polar surface area (TPSA) is 52.5 Å². The molecule has 1 aliphatic rings. The van der Waals surface area contributed by atoms with Gasteiger partial charge in [0.15, 0.2) is 5.17 Å². The Bertz CT molecular complexity index is 968. The summed E-state index contributed by atoms with van der Waals surface area (Å²) < 4.78 is 0. The van der Waals surface area contributed by atoms with Crippen LogP contribution < -0.4 is 5.43 Å². The molecule has 1 aliphatic heterocycles. The lowest BCUT2D eigenvalue weighted by Gasteiger charge is -2.15. The maximum atomic E-state index is 4.63. The van der Waals surface area contributed by atoms with Crippen molar-refractivity contribution in [3.63, 3.8) is 0 Å². The van der Waals surface area contributed by atoms with Crippen LogP contribution in [-0.2, 0) is 0 Å². The quantitative estimate of drug-likeness (QED) is 0.724. The van der Waals surface area contributed by atoms with Crippen LogP contribution in [0.2, 0.25) is 0 Å². The Kier molecular flexibility index (Phi) is 3.86. The van der Waals surface area contributed by atoms with Crippen molar-refractivity contribution in [1.82, 2.24) is 10.4 Å². The first-order valence-corrected chi connectivity index (χ1v) is 8.88. The third-order valence-electron chi connectivity index (χ3n) is 4.05. The molecule has 0 fully saturated rings. The lowest BCUT2D eigenvalue weighted by atomic mass is 10.1. The summed E-state index contributed by atoms with van der Waals surface area (Å²) in [4.78, 5) is 8.07. The number of hydrogen-bond donors (Lipinski definition) is 2. The van der Waals surface area contributed by atoms with Crippen molar-refractivity contribution in [1.29, 1.82) is 0 Å². The second-order valence-electron chi connectivity index (χ2n) is 5.89. The minimum absolute atomic E-state index is 0.806. The first-order chi connectivity index (χ1) is 11.7. The van der Waals surface area contributed by atoms with Crippen LogP contribution in [0.4, 0.5) is 5.69 Å². The zero-order valence-electron chi connectivity index (χ0n) is 13.6. The molecule has 2 N–H and O–H groups in total. The van der Waals surface area contributed by atoms with Gasteiger partial charge in [0.25, 0.3) is 0 Å². The fraction of sp³-hybridized carbons (Fsp3) is 0.158. The van der Waals surface area contributed by atoms with Crippen molar-refractivity contribution in [2.45, 2.75) is 13.8 Å². The fourth-order valence-corrected chi connectivity index (χ4v) is 3.73. The first kappa shape index (κ1) is 15.0. The van der Waals surface area contributed by atoms with Gasteiger partial charge in [-0.05, 0) is 37.6 Å². The normalized spacial score (nSPS) is 16.2. The number of aliphatic imine (C=N–C) groups is 1. The monoisotopic (exact) mass is 334 g/mol. The Morgan fingerprint density at radius 3 is 2.75 bits per heavy atom. The fourth-order valence-electron chi connectivity index (χ4n) is 2.97. The van der Waals surface area contributed by atoms with Crippen molar-refractivity contribution < 1.29 is 0 Å². The number of nitrogens with zero attached hydrogens (tertiary/aromatic N) is 2. The zero-order chi connectivity index (χ0) is 16.5. The smallest absolute Gasteiger partial charge is 0.182 e. The van der Waals surface area contributed by atoms with E-state index in [0.717, 1.165) is 33.5 Å². The summed E-state index contributed by atoms with van der Waals surface area (Å²) in [6.07, 6.45) is 0. The number of para-hydroxylation sites is 1. The van der Waals surface area contributed by atoms with Gasteiger partial charge >= 0.3 is 0 Å². The number of benzene rings is 2. The Morgan fingerprint density at radius 2 is 1.96 bits per heavy atom. The Labute approximate surface area is 145 Å². The third kappa shape index (κ3) is 2.83. The summed E-state index contributed by atoms with van der Waals surface area (Å²) >= 11 is 1.68. The molecule has 0 saturated carbocycles. The summed E-state index contributed by atoms with van der Waals surface area (Å²) in [6, 6.07) is 16.5. The van der Waals surface area contributed by atoms with Crippen molar-refractivity contribution in [3.05, 3.63) is 65.4 Å². The Balaban J connectivity index is 1.64.